The molecule has 7 nitrogen and oxygen atoms in total. The minimum atomic E-state index is 0.253. The summed E-state index contributed by atoms with van der Waals surface area (Å²) in [6.07, 6.45) is 3.11. The van der Waals surface area contributed by atoms with E-state index in [0.717, 1.165) is 21.3 Å². The molecule has 0 saturated heterocycles. The van der Waals surface area contributed by atoms with Crippen LogP contribution >= 0.6 is 15.9 Å². The lowest BCUT2D eigenvalue weighted by Gasteiger charge is -2.13. The van der Waals surface area contributed by atoms with Gasteiger partial charge in [0.05, 0.1) is 6.61 Å². The van der Waals surface area contributed by atoms with Crippen LogP contribution in [0.3, 0.4) is 0 Å². The summed E-state index contributed by atoms with van der Waals surface area (Å²) in [6, 6.07) is 15.1. The Bertz CT molecular complexity index is 1150. The summed E-state index contributed by atoms with van der Waals surface area (Å²) in [6.45, 7) is 2.56. The van der Waals surface area contributed by atoms with Gasteiger partial charge >= 0.3 is 0 Å². The second-order valence-electron chi connectivity index (χ2n) is 6.07. The van der Waals surface area contributed by atoms with Crippen LogP contribution in [0.15, 0.2) is 65.5 Å². The van der Waals surface area contributed by atoms with Gasteiger partial charge in [0.1, 0.15) is 23.3 Å². The van der Waals surface area contributed by atoms with Crippen molar-refractivity contribution in [1.82, 2.24) is 15.0 Å². The molecule has 0 spiro atoms. The minimum absolute atomic E-state index is 0.253. The van der Waals surface area contributed by atoms with Crippen molar-refractivity contribution in [3.8, 4) is 17.4 Å². The number of hydrogen-bond donors (Lipinski definition) is 2. The van der Waals surface area contributed by atoms with Gasteiger partial charge in [-0.05, 0) is 49.4 Å². The van der Waals surface area contributed by atoms with E-state index in [0.29, 0.717) is 29.4 Å². The smallest absolute Gasteiger partial charge is 0.248 e. The molecule has 2 heterocycles. The Morgan fingerprint density at radius 3 is 2.66 bits per heavy atom. The Hall–Kier alpha value is -3.39. The van der Waals surface area contributed by atoms with E-state index in [1.807, 2.05) is 55.5 Å². The summed E-state index contributed by atoms with van der Waals surface area (Å²) in [5, 5.41) is 4.11. The first-order valence-corrected chi connectivity index (χ1v) is 9.76. The van der Waals surface area contributed by atoms with Gasteiger partial charge in [-0.3, -0.25) is 4.98 Å². The van der Waals surface area contributed by atoms with Crippen molar-refractivity contribution >= 4 is 44.0 Å². The molecule has 0 fully saturated rings. The fourth-order valence-corrected chi connectivity index (χ4v) is 3.25. The molecule has 0 radical (unpaired) electrons. The maximum Gasteiger partial charge on any atom is 0.248 e. The van der Waals surface area contributed by atoms with Crippen LogP contribution in [0.2, 0.25) is 0 Å². The Kier molecular flexibility index (Phi) is 5.44. The second-order valence-corrected chi connectivity index (χ2v) is 6.92. The number of aromatic nitrogens is 3. The number of ether oxygens (including phenoxy) is 2. The van der Waals surface area contributed by atoms with Crippen molar-refractivity contribution in [2.45, 2.75) is 6.92 Å². The van der Waals surface area contributed by atoms with Gasteiger partial charge in [0.15, 0.2) is 11.6 Å². The molecule has 4 rings (SSSR count). The fraction of sp³-hybridized carbons (Fsp3) is 0.0952. The number of fused-ring (bicyclic) bond motifs is 1. The van der Waals surface area contributed by atoms with E-state index in [2.05, 4.69) is 36.2 Å². The average molecular weight is 452 g/mol. The summed E-state index contributed by atoms with van der Waals surface area (Å²) >= 11 is 3.53. The number of rotatable bonds is 6. The number of benzene rings is 2. The molecule has 0 saturated carbocycles. The highest BCUT2D eigenvalue weighted by atomic mass is 79.9. The molecule has 29 heavy (non-hydrogen) atoms. The zero-order chi connectivity index (χ0) is 20.2. The van der Waals surface area contributed by atoms with Gasteiger partial charge in [-0.15, -0.1) is 0 Å². The lowest BCUT2D eigenvalue weighted by Crippen LogP contribution is -2.03. The zero-order valence-corrected chi connectivity index (χ0v) is 17.2. The number of pyridine rings is 1. The molecular weight excluding hydrogens is 434 g/mol. The van der Waals surface area contributed by atoms with Crippen LogP contribution < -0.4 is 20.5 Å². The Morgan fingerprint density at radius 1 is 1.03 bits per heavy atom. The van der Waals surface area contributed by atoms with Crippen molar-refractivity contribution in [1.29, 1.82) is 0 Å². The van der Waals surface area contributed by atoms with E-state index in [9.17, 15) is 0 Å². The highest BCUT2D eigenvalue weighted by molar-refractivity contribution is 9.10. The molecule has 0 aliphatic rings. The van der Waals surface area contributed by atoms with Crippen molar-refractivity contribution in [3.05, 3.63) is 65.5 Å². The SMILES string of the molecule is CCOc1ccc(Nc2ncnc(Oc3ccc(Br)c4cccnc34)c2N)cc1. The lowest BCUT2D eigenvalue weighted by atomic mass is 10.2. The number of nitrogens with zero attached hydrogens (tertiary/aromatic N) is 3. The van der Waals surface area contributed by atoms with Gasteiger partial charge in [-0.2, -0.15) is 4.98 Å². The van der Waals surface area contributed by atoms with E-state index in [4.69, 9.17) is 15.2 Å². The van der Waals surface area contributed by atoms with E-state index in [1.165, 1.54) is 6.33 Å². The number of hydrogen-bond acceptors (Lipinski definition) is 7. The summed E-state index contributed by atoms with van der Waals surface area (Å²) in [5.74, 6) is 2.06. The standard InChI is InChI=1S/C21H18BrN5O2/c1-2-28-14-7-5-13(6-8-14)27-20-18(23)21(26-12-25-20)29-17-10-9-16(22)15-4-3-11-24-19(15)17/h3-12H,2,23H2,1H3,(H,25,26,27). The highest BCUT2D eigenvalue weighted by Gasteiger charge is 2.14. The molecular formula is C21H18BrN5O2. The van der Waals surface area contributed by atoms with Crippen molar-refractivity contribution in [3.63, 3.8) is 0 Å². The predicted octanol–water partition coefficient (Wildman–Crippen LogP) is 5.30. The molecule has 0 amide bonds. The third kappa shape index (κ3) is 4.07. The Labute approximate surface area is 176 Å². The lowest BCUT2D eigenvalue weighted by molar-refractivity contribution is 0.340. The first-order valence-electron chi connectivity index (χ1n) is 8.97. The zero-order valence-electron chi connectivity index (χ0n) is 15.6. The molecule has 3 N–H and O–H groups in total. The van der Waals surface area contributed by atoms with Crippen LogP contribution in [0, 0.1) is 0 Å². The van der Waals surface area contributed by atoms with Gasteiger partial charge in [0, 0.05) is 21.7 Å². The largest absolute Gasteiger partial charge is 0.494 e. The third-order valence-electron chi connectivity index (χ3n) is 4.16. The summed E-state index contributed by atoms with van der Waals surface area (Å²) in [4.78, 5) is 12.8. The molecule has 2 aromatic carbocycles. The molecule has 4 aromatic rings. The van der Waals surface area contributed by atoms with Crippen molar-refractivity contribution in [2.75, 3.05) is 17.7 Å². The molecule has 146 valence electrons. The van der Waals surface area contributed by atoms with Gasteiger partial charge in [-0.1, -0.05) is 22.0 Å². The molecule has 0 unspecified atom stereocenters. The highest BCUT2D eigenvalue weighted by Crippen LogP contribution is 2.36. The maximum atomic E-state index is 6.26. The first kappa shape index (κ1) is 18.9. The van der Waals surface area contributed by atoms with E-state index < -0.39 is 0 Å². The van der Waals surface area contributed by atoms with Crippen LogP contribution in [0.4, 0.5) is 17.2 Å². The second kappa shape index (κ2) is 8.32. The normalized spacial score (nSPS) is 10.7. The van der Waals surface area contributed by atoms with Gasteiger partial charge in [-0.25, -0.2) is 4.98 Å². The van der Waals surface area contributed by atoms with Gasteiger partial charge in [0.2, 0.25) is 5.88 Å². The Morgan fingerprint density at radius 2 is 1.86 bits per heavy atom. The van der Waals surface area contributed by atoms with Crippen molar-refractivity contribution < 1.29 is 9.47 Å². The molecule has 2 aromatic heterocycles. The number of nitrogen functional groups attached to an aromatic ring is 1. The molecule has 0 atom stereocenters. The minimum Gasteiger partial charge on any atom is -0.494 e. The van der Waals surface area contributed by atoms with Crippen LogP contribution in [-0.4, -0.2) is 21.6 Å². The van der Waals surface area contributed by atoms with Crippen LogP contribution in [-0.2, 0) is 0 Å². The molecule has 0 aliphatic carbocycles. The monoisotopic (exact) mass is 451 g/mol. The topological polar surface area (TPSA) is 95.2 Å². The Balaban J connectivity index is 1.61. The summed E-state index contributed by atoms with van der Waals surface area (Å²) < 4.78 is 12.4. The maximum absolute atomic E-state index is 6.26. The third-order valence-corrected chi connectivity index (χ3v) is 4.85. The molecule has 0 bridgehead atoms. The quantitative estimate of drug-likeness (QED) is 0.410. The van der Waals surface area contributed by atoms with E-state index in [1.54, 1.807) is 6.20 Å². The first-order chi connectivity index (χ1) is 14.2. The number of nitrogens with two attached hydrogens (primary N) is 1. The summed E-state index contributed by atoms with van der Waals surface area (Å²) in [5.41, 5.74) is 8.09. The van der Waals surface area contributed by atoms with E-state index >= 15 is 0 Å². The fourth-order valence-electron chi connectivity index (χ4n) is 2.80. The van der Waals surface area contributed by atoms with Crippen molar-refractivity contribution in [2.24, 2.45) is 0 Å². The number of halogens is 1. The number of nitrogens with one attached hydrogen (secondary N) is 1. The van der Waals surface area contributed by atoms with Crippen LogP contribution in [0.25, 0.3) is 10.9 Å². The molecule has 0 aliphatic heterocycles. The number of anilines is 3. The average Bonchev–Trinajstić information content (AvgIpc) is 2.74. The molecule has 8 heteroatoms. The van der Waals surface area contributed by atoms with Gasteiger partial charge < -0.3 is 20.5 Å². The predicted molar refractivity (Wildman–Crippen MR) is 117 cm³/mol. The summed E-state index contributed by atoms with van der Waals surface area (Å²) in [7, 11) is 0. The van der Waals surface area contributed by atoms with E-state index in [-0.39, 0.29) is 5.88 Å². The van der Waals surface area contributed by atoms with Crippen LogP contribution in [0.5, 0.6) is 17.4 Å². The van der Waals surface area contributed by atoms with Crippen LogP contribution in [0.1, 0.15) is 6.92 Å². The van der Waals surface area contributed by atoms with Gasteiger partial charge in [0.25, 0.3) is 0 Å².